The van der Waals surface area contributed by atoms with Crippen LogP contribution in [0.3, 0.4) is 0 Å². The van der Waals surface area contributed by atoms with E-state index in [0.717, 1.165) is 0 Å². The summed E-state index contributed by atoms with van der Waals surface area (Å²) in [5, 5.41) is 21.4. The van der Waals surface area contributed by atoms with Crippen LogP contribution in [-0.2, 0) is 20.8 Å². The monoisotopic (exact) mass is 323 g/mol. The molecule has 0 heterocycles. The number of benzene rings is 1. The first-order valence-electron chi connectivity index (χ1n) is 7.28. The van der Waals surface area contributed by atoms with Gasteiger partial charge in [0, 0.05) is 13.3 Å². The van der Waals surface area contributed by atoms with Gasteiger partial charge >= 0.3 is 11.9 Å². The van der Waals surface area contributed by atoms with Crippen molar-refractivity contribution in [2.75, 3.05) is 5.32 Å². The number of hydrogen-bond acceptors (Lipinski definition) is 5. The van der Waals surface area contributed by atoms with E-state index in [1.165, 1.54) is 13.0 Å². The van der Waals surface area contributed by atoms with Gasteiger partial charge in [0.05, 0.1) is 5.92 Å². The van der Waals surface area contributed by atoms with Crippen LogP contribution >= 0.6 is 0 Å². The molecule has 1 aromatic carbocycles. The van der Waals surface area contributed by atoms with Gasteiger partial charge in [0.25, 0.3) is 0 Å². The van der Waals surface area contributed by atoms with Crippen LogP contribution in [0.25, 0.3) is 0 Å². The summed E-state index contributed by atoms with van der Waals surface area (Å²) in [5.74, 6) is -2.37. The first kappa shape index (κ1) is 18.5. The number of carbonyl (C=O) groups is 3. The molecule has 1 rings (SSSR count). The number of aliphatic carboxylic acids is 1. The summed E-state index contributed by atoms with van der Waals surface area (Å²) >= 11 is 0. The third-order valence-corrected chi connectivity index (χ3v) is 3.04. The van der Waals surface area contributed by atoms with Crippen molar-refractivity contribution in [2.24, 2.45) is 5.92 Å². The van der Waals surface area contributed by atoms with E-state index in [1.54, 1.807) is 19.9 Å². The Hall–Kier alpha value is -2.57. The lowest BCUT2D eigenvalue weighted by molar-refractivity contribution is -0.138. The molecule has 3 N–H and O–H groups in total. The number of carbonyl (C=O) groups excluding carboxylic acids is 2. The maximum atomic E-state index is 11.7. The zero-order valence-electron chi connectivity index (χ0n) is 13.4. The van der Waals surface area contributed by atoms with Gasteiger partial charge < -0.3 is 20.3 Å². The number of aromatic hydroxyl groups is 1. The van der Waals surface area contributed by atoms with Gasteiger partial charge in [-0.2, -0.15) is 0 Å². The summed E-state index contributed by atoms with van der Waals surface area (Å²) in [6, 6.07) is 3.02. The second-order valence-corrected chi connectivity index (χ2v) is 5.45. The molecule has 0 aliphatic carbocycles. The highest BCUT2D eigenvalue weighted by atomic mass is 16.5. The van der Waals surface area contributed by atoms with Crippen LogP contribution in [0.4, 0.5) is 5.69 Å². The minimum atomic E-state index is -0.922. The van der Waals surface area contributed by atoms with Crippen molar-refractivity contribution in [3.63, 3.8) is 0 Å². The number of esters is 1. The summed E-state index contributed by atoms with van der Waals surface area (Å²) in [7, 11) is 0. The van der Waals surface area contributed by atoms with Crippen molar-refractivity contribution in [3.8, 4) is 11.5 Å². The molecule has 23 heavy (non-hydrogen) atoms. The molecule has 0 saturated carbocycles. The van der Waals surface area contributed by atoms with Crippen molar-refractivity contribution >= 4 is 23.5 Å². The summed E-state index contributed by atoms with van der Waals surface area (Å²) in [4.78, 5) is 33.6. The number of anilines is 1. The Balaban J connectivity index is 3.07. The van der Waals surface area contributed by atoms with E-state index in [0.29, 0.717) is 18.4 Å². The van der Waals surface area contributed by atoms with Crippen molar-refractivity contribution in [1.82, 2.24) is 0 Å². The van der Waals surface area contributed by atoms with Crippen LogP contribution in [0.5, 0.6) is 11.5 Å². The van der Waals surface area contributed by atoms with E-state index < -0.39 is 17.8 Å². The lowest BCUT2D eigenvalue weighted by atomic mass is 10.1. The van der Waals surface area contributed by atoms with Crippen molar-refractivity contribution in [1.29, 1.82) is 0 Å². The van der Waals surface area contributed by atoms with E-state index in [9.17, 15) is 19.5 Å². The molecule has 7 heteroatoms. The fourth-order valence-corrected chi connectivity index (χ4v) is 1.86. The van der Waals surface area contributed by atoms with Gasteiger partial charge in [0.15, 0.2) is 5.75 Å². The second kappa shape index (κ2) is 8.17. The highest BCUT2D eigenvalue weighted by molar-refractivity contribution is 5.93. The number of amides is 1. The van der Waals surface area contributed by atoms with E-state index in [1.807, 2.05) is 0 Å². The van der Waals surface area contributed by atoms with Crippen LogP contribution in [0.2, 0.25) is 0 Å². The third kappa shape index (κ3) is 5.61. The normalized spacial score (nSPS) is 10.4. The molecule has 0 spiro atoms. The first-order chi connectivity index (χ1) is 10.7. The number of nitrogens with one attached hydrogen (secondary N) is 1. The number of hydrogen-bond donors (Lipinski definition) is 3. The highest BCUT2D eigenvalue weighted by Gasteiger charge is 2.19. The molecule has 1 aromatic rings. The summed E-state index contributed by atoms with van der Waals surface area (Å²) in [6.07, 6.45) is 0.635. The van der Waals surface area contributed by atoms with Gasteiger partial charge in [0.2, 0.25) is 5.91 Å². The minimum Gasteiger partial charge on any atom is -0.505 e. The Morgan fingerprint density at radius 3 is 2.43 bits per heavy atom. The van der Waals surface area contributed by atoms with Crippen LogP contribution < -0.4 is 10.1 Å². The topological polar surface area (TPSA) is 113 Å². The van der Waals surface area contributed by atoms with Crippen LogP contribution in [0.15, 0.2) is 12.1 Å². The summed E-state index contributed by atoms with van der Waals surface area (Å²) < 4.78 is 5.18. The van der Waals surface area contributed by atoms with Crippen LogP contribution in [0.1, 0.15) is 39.2 Å². The predicted octanol–water partition coefficient (Wildman–Crippen LogP) is 2.32. The molecule has 0 unspecified atom stereocenters. The molecule has 0 fully saturated rings. The number of phenols is 1. The molecule has 0 aromatic heterocycles. The Morgan fingerprint density at radius 2 is 1.91 bits per heavy atom. The molecular formula is C16H21NO6. The smallest absolute Gasteiger partial charge is 0.313 e. The van der Waals surface area contributed by atoms with Crippen molar-refractivity contribution in [3.05, 3.63) is 17.7 Å². The molecule has 0 aliphatic heterocycles. The maximum Gasteiger partial charge on any atom is 0.313 e. The number of ether oxygens (including phenoxy) is 1. The molecule has 0 atom stereocenters. The molecule has 0 radical (unpaired) electrons. The summed E-state index contributed by atoms with van der Waals surface area (Å²) in [5.41, 5.74) is 0.485. The lowest BCUT2D eigenvalue weighted by Crippen LogP contribution is -2.17. The van der Waals surface area contributed by atoms with Gasteiger partial charge in [-0.1, -0.05) is 19.9 Å². The Bertz CT molecular complexity index is 609. The van der Waals surface area contributed by atoms with E-state index in [4.69, 9.17) is 9.84 Å². The van der Waals surface area contributed by atoms with Gasteiger partial charge in [-0.15, -0.1) is 0 Å². The molecule has 0 saturated heterocycles. The van der Waals surface area contributed by atoms with E-state index in [-0.39, 0.29) is 29.5 Å². The van der Waals surface area contributed by atoms with Gasteiger partial charge in [-0.25, -0.2) is 0 Å². The molecule has 0 aliphatic rings. The Morgan fingerprint density at radius 1 is 1.26 bits per heavy atom. The number of carboxylic acids is 1. The van der Waals surface area contributed by atoms with E-state index >= 15 is 0 Å². The van der Waals surface area contributed by atoms with Crippen LogP contribution in [0, 0.1) is 5.92 Å². The zero-order valence-corrected chi connectivity index (χ0v) is 13.4. The number of phenolic OH excluding ortho intramolecular Hbond substituents is 1. The second-order valence-electron chi connectivity index (χ2n) is 5.45. The maximum absolute atomic E-state index is 11.7. The van der Waals surface area contributed by atoms with E-state index in [2.05, 4.69) is 5.32 Å². The van der Waals surface area contributed by atoms with Crippen molar-refractivity contribution in [2.45, 2.75) is 40.0 Å². The fraction of sp³-hybridized carbons (Fsp3) is 0.438. The fourth-order valence-electron chi connectivity index (χ4n) is 1.86. The van der Waals surface area contributed by atoms with Crippen LogP contribution in [-0.4, -0.2) is 28.1 Å². The van der Waals surface area contributed by atoms with Crippen molar-refractivity contribution < 1.29 is 29.3 Å². The quantitative estimate of drug-likeness (QED) is 0.403. The Labute approximate surface area is 134 Å². The van der Waals surface area contributed by atoms with Gasteiger partial charge in [-0.3, -0.25) is 14.4 Å². The number of rotatable bonds is 7. The highest BCUT2D eigenvalue weighted by Crippen LogP contribution is 2.38. The average Bonchev–Trinajstić information content (AvgIpc) is 2.44. The summed E-state index contributed by atoms with van der Waals surface area (Å²) in [6.45, 7) is 4.60. The Kier molecular flexibility index (Phi) is 6.56. The molecule has 0 bridgehead atoms. The number of carboxylic acid groups (broad SMARTS) is 1. The largest absolute Gasteiger partial charge is 0.505 e. The average molecular weight is 323 g/mol. The van der Waals surface area contributed by atoms with Gasteiger partial charge in [-0.05, 0) is 24.5 Å². The third-order valence-electron chi connectivity index (χ3n) is 3.04. The molecule has 126 valence electrons. The molecule has 1 amide bonds. The lowest BCUT2D eigenvalue weighted by Gasteiger charge is -2.15. The van der Waals surface area contributed by atoms with Gasteiger partial charge in [0.1, 0.15) is 11.4 Å². The molecule has 7 nitrogen and oxygen atoms in total. The SMILES string of the molecule is CC(=O)Nc1c(OC(=O)C(C)C)ccc(CCCC(=O)O)c1O. The molecular weight excluding hydrogens is 302 g/mol. The number of aryl methyl sites for hydroxylation is 1. The zero-order chi connectivity index (χ0) is 17.6. The first-order valence-corrected chi connectivity index (χ1v) is 7.28. The predicted molar refractivity (Wildman–Crippen MR) is 83.5 cm³/mol. The minimum absolute atomic E-state index is 0.0133. The standard InChI is InChI=1S/C16H21NO6/c1-9(2)16(22)23-12-8-7-11(5-4-6-13(19)20)15(21)14(12)17-10(3)18/h7-9,21H,4-6H2,1-3H3,(H,17,18)(H,19,20).